The maximum atomic E-state index is 11.0. The van der Waals surface area contributed by atoms with E-state index < -0.39 is 5.97 Å². The van der Waals surface area contributed by atoms with Crippen molar-refractivity contribution in [3.63, 3.8) is 0 Å². The number of aromatic carboxylic acids is 1. The van der Waals surface area contributed by atoms with Crippen molar-refractivity contribution in [3.8, 4) is 11.6 Å². The summed E-state index contributed by atoms with van der Waals surface area (Å²) in [5.41, 5.74) is -0.208. The highest BCUT2D eigenvalue weighted by Gasteiger charge is 2.14. The van der Waals surface area contributed by atoms with Gasteiger partial charge in [-0.05, 0) is 22.9 Å². The van der Waals surface area contributed by atoms with Crippen molar-refractivity contribution < 1.29 is 14.6 Å². The standard InChI is InChI=1S/C15H10N2O3/c18-15(19)13-14(17-8-7-16-13)20-12-6-5-10-3-1-2-4-11(10)9-12/h1-9H,(H,18,19). The van der Waals surface area contributed by atoms with Crippen LogP contribution in [0.2, 0.25) is 0 Å². The van der Waals surface area contributed by atoms with E-state index in [2.05, 4.69) is 9.97 Å². The van der Waals surface area contributed by atoms with Gasteiger partial charge in [0.25, 0.3) is 5.88 Å². The number of rotatable bonds is 3. The summed E-state index contributed by atoms with van der Waals surface area (Å²) in [6, 6.07) is 13.3. The van der Waals surface area contributed by atoms with Crippen LogP contribution >= 0.6 is 0 Å². The number of hydrogen-bond acceptors (Lipinski definition) is 4. The van der Waals surface area contributed by atoms with Gasteiger partial charge >= 0.3 is 5.97 Å². The van der Waals surface area contributed by atoms with Crippen LogP contribution in [0, 0.1) is 0 Å². The maximum absolute atomic E-state index is 11.0. The number of nitrogens with zero attached hydrogens (tertiary/aromatic N) is 2. The molecule has 5 heteroatoms. The van der Waals surface area contributed by atoms with E-state index in [1.807, 2.05) is 36.4 Å². The quantitative estimate of drug-likeness (QED) is 0.788. The number of ether oxygens (including phenoxy) is 1. The molecule has 0 atom stereocenters. The molecule has 2 aromatic carbocycles. The predicted octanol–water partition coefficient (Wildman–Crippen LogP) is 3.12. The second-order valence-corrected chi connectivity index (χ2v) is 4.13. The van der Waals surface area contributed by atoms with Gasteiger partial charge in [0, 0.05) is 12.4 Å². The fraction of sp³-hybridized carbons (Fsp3) is 0. The van der Waals surface area contributed by atoms with Crippen molar-refractivity contribution in [2.75, 3.05) is 0 Å². The summed E-state index contributed by atoms with van der Waals surface area (Å²) < 4.78 is 5.52. The number of carbonyl (C=O) groups is 1. The first kappa shape index (κ1) is 12.1. The first-order valence-electron chi connectivity index (χ1n) is 5.95. The fourth-order valence-electron chi connectivity index (χ4n) is 1.89. The molecule has 0 spiro atoms. The molecule has 0 bridgehead atoms. The lowest BCUT2D eigenvalue weighted by molar-refractivity contribution is 0.0686. The Bertz CT molecular complexity index is 787. The Balaban J connectivity index is 1.99. The molecule has 0 amide bonds. The molecule has 0 unspecified atom stereocenters. The van der Waals surface area contributed by atoms with E-state index in [-0.39, 0.29) is 11.6 Å². The van der Waals surface area contributed by atoms with Crippen LogP contribution in [-0.2, 0) is 0 Å². The van der Waals surface area contributed by atoms with E-state index in [9.17, 15) is 4.79 Å². The first-order chi connectivity index (χ1) is 9.74. The van der Waals surface area contributed by atoms with Gasteiger partial charge in [0.05, 0.1) is 0 Å². The Morgan fingerprint density at radius 3 is 2.55 bits per heavy atom. The summed E-state index contributed by atoms with van der Waals surface area (Å²) in [7, 11) is 0. The van der Waals surface area contributed by atoms with Gasteiger partial charge in [-0.1, -0.05) is 30.3 Å². The lowest BCUT2D eigenvalue weighted by Crippen LogP contribution is -2.04. The minimum Gasteiger partial charge on any atom is -0.476 e. The number of fused-ring (bicyclic) bond motifs is 1. The van der Waals surface area contributed by atoms with Crippen molar-refractivity contribution in [3.05, 3.63) is 60.6 Å². The third-order valence-corrected chi connectivity index (χ3v) is 2.80. The summed E-state index contributed by atoms with van der Waals surface area (Å²) in [4.78, 5) is 18.7. The van der Waals surface area contributed by atoms with Gasteiger partial charge in [-0.15, -0.1) is 0 Å². The van der Waals surface area contributed by atoms with Crippen molar-refractivity contribution in [2.24, 2.45) is 0 Å². The van der Waals surface area contributed by atoms with Gasteiger partial charge in [-0.2, -0.15) is 0 Å². The molecule has 1 heterocycles. The Hall–Kier alpha value is -2.95. The highest BCUT2D eigenvalue weighted by atomic mass is 16.5. The molecule has 1 aromatic heterocycles. The van der Waals surface area contributed by atoms with E-state index in [0.29, 0.717) is 5.75 Å². The van der Waals surface area contributed by atoms with Gasteiger partial charge in [0.15, 0.2) is 0 Å². The van der Waals surface area contributed by atoms with Gasteiger partial charge < -0.3 is 9.84 Å². The molecule has 0 saturated heterocycles. The van der Waals surface area contributed by atoms with E-state index in [1.54, 1.807) is 6.07 Å². The van der Waals surface area contributed by atoms with Crippen molar-refractivity contribution in [1.82, 2.24) is 9.97 Å². The van der Waals surface area contributed by atoms with E-state index in [1.165, 1.54) is 12.4 Å². The SMILES string of the molecule is O=C(O)c1nccnc1Oc1ccc2ccccc2c1. The average Bonchev–Trinajstić information content (AvgIpc) is 2.47. The normalized spacial score (nSPS) is 10.4. The van der Waals surface area contributed by atoms with Gasteiger partial charge in [0.2, 0.25) is 5.69 Å². The smallest absolute Gasteiger partial charge is 0.360 e. The molecule has 1 N–H and O–H groups in total. The van der Waals surface area contributed by atoms with Crippen molar-refractivity contribution >= 4 is 16.7 Å². The third kappa shape index (κ3) is 2.29. The third-order valence-electron chi connectivity index (χ3n) is 2.80. The van der Waals surface area contributed by atoms with E-state index >= 15 is 0 Å². The van der Waals surface area contributed by atoms with E-state index in [0.717, 1.165) is 10.8 Å². The Morgan fingerprint density at radius 2 is 1.75 bits per heavy atom. The van der Waals surface area contributed by atoms with Crippen molar-refractivity contribution in [1.29, 1.82) is 0 Å². The molecule has 0 fully saturated rings. The molecule has 5 nitrogen and oxygen atoms in total. The van der Waals surface area contributed by atoms with Crippen molar-refractivity contribution in [2.45, 2.75) is 0 Å². The minimum atomic E-state index is -1.17. The highest BCUT2D eigenvalue weighted by molar-refractivity contribution is 5.88. The predicted molar refractivity (Wildman–Crippen MR) is 73.0 cm³/mol. The molecule has 20 heavy (non-hydrogen) atoms. The summed E-state index contributed by atoms with van der Waals surface area (Å²) in [6.45, 7) is 0. The molecule has 0 aliphatic heterocycles. The number of hydrogen-bond donors (Lipinski definition) is 1. The second kappa shape index (κ2) is 4.97. The summed E-state index contributed by atoms with van der Waals surface area (Å²) in [5, 5.41) is 11.1. The van der Waals surface area contributed by atoms with Gasteiger partial charge in [0.1, 0.15) is 5.75 Å². The van der Waals surface area contributed by atoms with Gasteiger partial charge in [-0.3, -0.25) is 0 Å². The lowest BCUT2D eigenvalue weighted by atomic mass is 10.1. The topological polar surface area (TPSA) is 72.3 Å². The zero-order valence-corrected chi connectivity index (χ0v) is 10.4. The van der Waals surface area contributed by atoms with Crippen LogP contribution in [0.5, 0.6) is 11.6 Å². The largest absolute Gasteiger partial charge is 0.476 e. The molecular formula is C15H10N2O3. The molecule has 3 aromatic rings. The van der Waals surface area contributed by atoms with E-state index in [4.69, 9.17) is 9.84 Å². The molecule has 98 valence electrons. The fourth-order valence-corrected chi connectivity index (χ4v) is 1.89. The minimum absolute atomic E-state index is 0.0183. The van der Waals surface area contributed by atoms with Crippen LogP contribution < -0.4 is 4.74 Å². The van der Waals surface area contributed by atoms with Crippen LogP contribution in [-0.4, -0.2) is 21.0 Å². The molecule has 0 saturated carbocycles. The first-order valence-corrected chi connectivity index (χ1v) is 5.95. The lowest BCUT2D eigenvalue weighted by Gasteiger charge is -2.07. The van der Waals surface area contributed by atoms with Crippen LogP contribution in [0.4, 0.5) is 0 Å². The zero-order chi connectivity index (χ0) is 13.9. The second-order valence-electron chi connectivity index (χ2n) is 4.13. The number of carboxylic acids is 1. The summed E-state index contributed by atoms with van der Waals surface area (Å²) >= 11 is 0. The Kier molecular flexibility index (Phi) is 3.01. The summed E-state index contributed by atoms with van der Waals surface area (Å²) in [5.74, 6) is -0.670. The number of benzene rings is 2. The molecule has 0 aliphatic rings. The Labute approximate surface area is 114 Å². The Morgan fingerprint density at radius 1 is 1.00 bits per heavy atom. The highest BCUT2D eigenvalue weighted by Crippen LogP contribution is 2.25. The van der Waals surface area contributed by atoms with Crippen LogP contribution in [0.1, 0.15) is 10.5 Å². The number of aromatic nitrogens is 2. The number of carboxylic acid groups (broad SMARTS) is 1. The summed E-state index contributed by atoms with van der Waals surface area (Å²) in [6.07, 6.45) is 2.71. The monoisotopic (exact) mass is 266 g/mol. The van der Waals surface area contributed by atoms with Crippen LogP contribution in [0.25, 0.3) is 10.8 Å². The average molecular weight is 266 g/mol. The molecular weight excluding hydrogens is 256 g/mol. The molecule has 0 radical (unpaired) electrons. The molecule has 0 aliphatic carbocycles. The zero-order valence-electron chi connectivity index (χ0n) is 10.4. The van der Waals surface area contributed by atoms with Gasteiger partial charge in [-0.25, -0.2) is 14.8 Å². The van der Waals surface area contributed by atoms with Crippen LogP contribution in [0.3, 0.4) is 0 Å². The molecule has 3 rings (SSSR count). The maximum Gasteiger partial charge on any atom is 0.360 e. The van der Waals surface area contributed by atoms with Crippen LogP contribution in [0.15, 0.2) is 54.9 Å².